The Morgan fingerprint density at radius 2 is 1.86 bits per heavy atom. The van der Waals surface area contributed by atoms with Crippen LogP contribution >= 0.6 is 11.6 Å². The third kappa shape index (κ3) is 5.81. The number of hydrogen-bond acceptors (Lipinski definition) is 3. The molecule has 0 bridgehead atoms. The van der Waals surface area contributed by atoms with Crippen LogP contribution in [0.4, 0.5) is 4.39 Å². The number of nitrogens with zero attached hydrogens (tertiary/aromatic N) is 2. The van der Waals surface area contributed by atoms with Gasteiger partial charge in [0.05, 0.1) is 24.4 Å². The Kier molecular flexibility index (Phi) is 7.25. The van der Waals surface area contributed by atoms with Gasteiger partial charge in [-0.25, -0.2) is 9.07 Å². The molecule has 1 N–H and O–H groups in total. The molecule has 1 heterocycles. The molecular weight excluding hydrogens is 393 g/mol. The fraction of sp³-hybridized carbons (Fsp3) is 0.273. The van der Waals surface area contributed by atoms with Gasteiger partial charge in [-0.05, 0) is 49.6 Å². The summed E-state index contributed by atoms with van der Waals surface area (Å²) in [6.45, 7) is 3.29. The first kappa shape index (κ1) is 20.9. The molecule has 2 aromatic carbocycles. The van der Waals surface area contributed by atoms with Gasteiger partial charge in [0.2, 0.25) is 0 Å². The Morgan fingerprint density at radius 3 is 2.59 bits per heavy atom. The van der Waals surface area contributed by atoms with Gasteiger partial charge in [-0.1, -0.05) is 41.9 Å². The van der Waals surface area contributed by atoms with Crippen LogP contribution in [0.25, 0.3) is 0 Å². The third-order valence-electron chi connectivity index (χ3n) is 4.41. The summed E-state index contributed by atoms with van der Waals surface area (Å²) in [7, 11) is 0. The van der Waals surface area contributed by atoms with Crippen molar-refractivity contribution in [1.29, 1.82) is 0 Å². The van der Waals surface area contributed by atoms with E-state index in [1.807, 2.05) is 30.3 Å². The largest absolute Gasteiger partial charge is 0.494 e. The van der Waals surface area contributed by atoms with E-state index in [1.54, 1.807) is 23.7 Å². The first-order chi connectivity index (χ1) is 14.0. The number of carbonyl (C=O) groups excluding carboxylic acids is 1. The maximum Gasteiger partial charge on any atom is 0.256 e. The van der Waals surface area contributed by atoms with Crippen molar-refractivity contribution in [2.75, 3.05) is 13.2 Å². The fourth-order valence-corrected chi connectivity index (χ4v) is 3.23. The van der Waals surface area contributed by atoms with Crippen molar-refractivity contribution in [3.63, 3.8) is 0 Å². The number of ether oxygens (including phenoxy) is 1. The minimum absolute atomic E-state index is 0.230. The van der Waals surface area contributed by atoms with Gasteiger partial charge in [-0.3, -0.25) is 4.79 Å². The second kappa shape index (κ2) is 10.1. The lowest BCUT2D eigenvalue weighted by Gasteiger charge is -2.07. The number of aryl methyl sites for hydroxylation is 1. The van der Waals surface area contributed by atoms with Crippen LogP contribution in [0.5, 0.6) is 5.75 Å². The second-order valence-electron chi connectivity index (χ2n) is 6.66. The molecule has 3 aromatic rings. The number of carbonyl (C=O) groups is 1. The molecule has 0 saturated carbocycles. The highest BCUT2D eigenvalue weighted by molar-refractivity contribution is 6.33. The molecule has 0 spiro atoms. The maximum absolute atomic E-state index is 12.8. The quantitative estimate of drug-likeness (QED) is 0.519. The van der Waals surface area contributed by atoms with Crippen molar-refractivity contribution in [2.24, 2.45) is 0 Å². The number of aromatic nitrogens is 2. The summed E-state index contributed by atoms with van der Waals surface area (Å²) in [5, 5.41) is 7.62. The second-order valence-corrected chi connectivity index (χ2v) is 7.02. The van der Waals surface area contributed by atoms with E-state index in [2.05, 4.69) is 10.4 Å². The highest BCUT2D eigenvalue weighted by atomic mass is 35.5. The third-order valence-corrected chi connectivity index (χ3v) is 4.79. The zero-order valence-corrected chi connectivity index (χ0v) is 17.0. The molecule has 0 fully saturated rings. The molecule has 152 valence electrons. The summed E-state index contributed by atoms with van der Waals surface area (Å²) in [5.41, 5.74) is 2.07. The summed E-state index contributed by atoms with van der Waals surface area (Å²) in [5.74, 6) is 0.107. The number of hydrogen-bond donors (Lipinski definition) is 1. The number of rotatable bonds is 9. The molecule has 0 aliphatic rings. The minimum atomic E-state index is -0.291. The predicted octanol–water partition coefficient (Wildman–Crippen LogP) is 4.62. The van der Waals surface area contributed by atoms with Crippen molar-refractivity contribution in [3.8, 4) is 5.75 Å². The fourth-order valence-electron chi connectivity index (χ4n) is 2.91. The number of nitrogens with one attached hydrogen (secondary N) is 1. The zero-order chi connectivity index (χ0) is 20.6. The van der Waals surface area contributed by atoms with Gasteiger partial charge in [0.25, 0.3) is 5.91 Å². The van der Waals surface area contributed by atoms with Crippen molar-refractivity contribution in [3.05, 3.63) is 82.4 Å². The van der Waals surface area contributed by atoms with Gasteiger partial charge in [-0.2, -0.15) is 5.10 Å². The Morgan fingerprint density at radius 1 is 1.14 bits per heavy atom. The first-order valence-corrected chi connectivity index (χ1v) is 9.86. The predicted molar refractivity (Wildman–Crippen MR) is 111 cm³/mol. The highest BCUT2D eigenvalue weighted by Crippen LogP contribution is 2.21. The van der Waals surface area contributed by atoms with E-state index in [4.69, 9.17) is 16.3 Å². The van der Waals surface area contributed by atoms with Crippen molar-refractivity contribution >= 4 is 17.5 Å². The lowest BCUT2D eigenvalue weighted by Crippen LogP contribution is -2.25. The molecule has 0 unspecified atom stereocenters. The Balaban J connectivity index is 1.45. The van der Waals surface area contributed by atoms with Crippen molar-refractivity contribution in [1.82, 2.24) is 15.1 Å². The average Bonchev–Trinajstić information content (AvgIpc) is 2.99. The topological polar surface area (TPSA) is 56.2 Å². The number of benzene rings is 2. The molecule has 0 radical (unpaired) electrons. The van der Waals surface area contributed by atoms with E-state index in [0.29, 0.717) is 41.9 Å². The standard InChI is InChI=1S/C22H23ClFN3O2/c1-16-20(21(23)27(26-16)15-17-7-3-2-4-8-17)22(28)25-13-5-6-14-29-19-11-9-18(24)10-12-19/h2-4,7-12H,5-6,13-15H2,1H3,(H,25,28). The van der Waals surface area contributed by atoms with Gasteiger partial charge < -0.3 is 10.1 Å². The number of halogens is 2. The lowest BCUT2D eigenvalue weighted by atomic mass is 10.2. The smallest absolute Gasteiger partial charge is 0.256 e. The lowest BCUT2D eigenvalue weighted by molar-refractivity contribution is 0.0952. The van der Waals surface area contributed by atoms with Crippen molar-refractivity contribution < 1.29 is 13.9 Å². The molecule has 1 amide bonds. The summed E-state index contributed by atoms with van der Waals surface area (Å²) in [4.78, 5) is 12.5. The van der Waals surface area contributed by atoms with Gasteiger partial charge in [0.15, 0.2) is 0 Å². The van der Waals surface area contributed by atoms with Crippen LogP contribution in [0.3, 0.4) is 0 Å². The Hall–Kier alpha value is -2.86. The van der Waals surface area contributed by atoms with Gasteiger partial charge in [0, 0.05) is 6.54 Å². The van der Waals surface area contributed by atoms with Crippen LogP contribution < -0.4 is 10.1 Å². The molecule has 5 nitrogen and oxygen atoms in total. The van der Waals surface area contributed by atoms with Crippen LogP contribution in [0.2, 0.25) is 5.15 Å². The van der Waals surface area contributed by atoms with E-state index in [0.717, 1.165) is 18.4 Å². The van der Waals surface area contributed by atoms with E-state index in [9.17, 15) is 9.18 Å². The normalized spacial score (nSPS) is 10.7. The SMILES string of the molecule is Cc1nn(Cc2ccccc2)c(Cl)c1C(=O)NCCCCOc1ccc(F)cc1. The molecule has 0 aliphatic carbocycles. The monoisotopic (exact) mass is 415 g/mol. The Bertz CT molecular complexity index is 943. The van der Waals surface area contributed by atoms with E-state index in [-0.39, 0.29) is 11.7 Å². The van der Waals surface area contributed by atoms with Crippen LogP contribution in [-0.2, 0) is 6.54 Å². The molecule has 0 saturated heterocycles. The summed E-state index contributed by atoms with van der Waals surface area (Å²) in [6.07, 6.45) is 1.51. The molecule has 7 heteroatoms. The molecule has 1 aromatic heterocycles. The van der Waals surface area contributed by atoms with E-state index in [1.165, 1.54) is 12.1 Å². The van der Waals surface area contributed by atoms with Gasteiger partial charge in [-0.15, -0.1) is 0 Å². The zero-order valence-electron chi connectivity index (χ0n) is 16.2. The van der Waals surface area contributed by atoms with E-state index >= 15 is 0 Å². The number of unbranched alkanes of at least 4 members (excludes halogenated alkanes) is 1. The summed E-state index contributed by atoms with van der Waals surface area (Å²) in [6, 6.07) is 15.7. The van der Waals surface area contributed by atoms with Gasteiger partial charge >= 0.3 is 0 Å². The van der Waals surface area contributed by atoms with E-state index < -0.39 is 0 Å². The first-order valence-electron chi connectivity index (χ1n) is 9.48. The highest BCUT2D eigenvalue weighted by Gasteiger charge is 2.20. The van der Waals surface area contributed by atoms with Gasteiger partial charge in [0.1, 0.15) is 16.7 Å². The Labute approximate surface area is 174 Å². The summed E-state index contributed by atoms with van der Waals surface area (Å²) >= 11 is 6.41. The van der Waals surface area contributed by atoms with Crippen LogP contribution in [-0.4, -0.2) is 28.8 Å². The molecule has 3 rings (SSSR count). The van der Waals surface area contributed by atoms with Crippen molar-refractivity contribution in [2.45, 2.75) is 26.3 Å². The molecular formula is C22H23ClFN3O2. The average molecular weight is 416 g/mol. The molecule has 0 aliphatic heterocycles. The van der Waals surface area contributed by atoms with Crippen LogP contribution in [0.1, 0.15) is 34.5 Å². The number of amides is 1. The summed E-state index contributed by atoms with van der Waals surface area (Å²) < 4.78 is 20.0. The van der Waals surface area contributed by atoms with Crippen LogP contribution in [0.15, 0.2) is 54.6 Å². The van der Waals surface area contributed by atoms with Crippen LogP contribution in [0, 0.1) is 12.7 Å². The molecule has 29 heavy (non-hydrogen) atoms. The molecule has 0 atom stereocenters. The minimum Gasteiger partial charge on any atom is -0.494 e. The maximum atomic E-state index is 12.8.